The summed E-state index contributed by atoms with van der Waals surface area (Å²) in [6.07, 6.45) is 7.61. The van der Waals surface area contributed by atoms with E-state index >= 15 is 0 Å². The molecule has 0 unspecified atom stereocenters. The molecule has 0 aromatic carbocycles. The van der Waals surface area contributed by atoms with Crippen LogP contribution in [0, 0.1) is 5.92 Å². The van der Waals surface area contributed by atoms with E-state index in [1.54, 1.807) is 19.4 Å². The maximum Gasteiger partial charge on any atom is 0.323 e. The number of ether oxygens (including phenoxy) is 1. The molecule has 0 amide bonds. The molecule has 26 heavy (non-hydrogen) atoms. The molecule has 1 N–H and O–H groups in total. The van der Waals surface area contributed by atoms with Gasteiger partial charge in [0.15, 0.2) is 0 Å². The average molecular weight is 364 g/mol. The van der Waals surface area contributed by atoms with E-state index in [1.165, 1.54) is 17.7 Å². The van der Waals surface area contributed by atoms with Crippen molar-refractivity contribution in [2.45, 2.75) is 58.8 Å². The number of unbranched alkanes of at least 4 members (excludes halogenated alkanes) is 1. The van der Waals surface area contributed by atoms with Crippen LogP contribution in [-0.4, -0.2) is 64.8 Å². The van der Waals surface area contributed by atoms with Crippen molar-refractivity contribution in [1.82, 2.24) is 14.9 Å². The van der Waals surface area contributed by atoms with Gasteiger partial charge in [0.1, 0.15) is 6.54 Å². The molecule has 1 saturated heterocycles. The van der Waals surface area contributed by atoms with Gasteiger partial charge in [-0.1, -0.05) is 33.6 Å². The van der Waals surface area contributed by atoms with Crippen molar-refractivity contribution < 1.29 is 14.6 Å². The number of anilines is 1. The number of morpholine rings is 1. The Bertz CT molecular complexity index is 564. The first kappa shape index (κ1) is 20.6. The molecule has 1 aliphatic heterocycles. The number of rotatable bonds is 9. The fourth-order valence-electron chi connectivity index (χ4n) is 3.20. The van der Waals surface area contributed by atoms with Gasteiger partial charge in [0, 0.05) is 44.6 Å². The Morgan fingerprint density at radius 3 is 2.65 bits per heavy atom. The summed E-state index contributed by atoms with van der Waals surface area (Å²) < 4.78 is 6.27. The lowest BCUT2D eigenvalue weighted by Crippen LogP contribution is -2.49. The van der Waals surface area contributed by atoms with Gasteiger partial charge in [-0.15, -0.1) is 0 Å². The van der Waals surface area contributed by atoms with Crippen molar-refractivity contribution in [2.24, 2.45) is 5.92 Å². The van der Waals surface area contributed by atoms with Gasteiger partial charge in [-0.25, -0.2) is 9.97 Å². The smallest absolute Gasteiger partial charge is 0.323 e. The van der Waals surface area contributed by atoms with Crippen molar-refractivity contribution >= 4 is 11.9 Å². The lowest BCUT2D eigenvalue weighted by atomic mass is 10.0. The lowest BCUT2D eigenvalue weighted by molar-refractivity contribution is -0.135. The van der Waals surface area contributed by atoms with Crippen LogP contribution in [0.4, 0.5) is 5.95 Å². The number of carboxylic acid groups (broad SMARTS) is 1. The summed E-state index contributed by atoms with van der Waals surface area (Å²) in [6, 6.07) is 0. The average Bonchev–Trinajstić information content (AvgIpc) is 2.59. The highest BCUT2D eigenvalue weighted by Crippen LogP contribution is 2.22. The lowest BCUT2D eigenvalue weighted by Gasteiger charge is -2.40. The summed E-state index contributed by atoms with van der Waals surface area (Å²) in [5.41, 5.74) is 1.04. The molecule has 7 nitrogen and oxygen atoms in total. The highest BCUT2D eigenvalue weighted by molar-refractivity contribution is 5.72. The molecule has 0 radical (unpaired) electrons. The summed E-state index contributed by atoms with van der Waals surface area (Å²) in [5, 5.41) is 8.86. The molecule has 1 aliphatic rings. The number of carboxylic acids is 1. The zero-order valence-corrected chi connectivity index (χ0v) is 16.4. The molecule has 1 aromatic rings. The van der Waals surface area contributed by atoms with Gasteiger partial charge in [0.05, 0.1) is 12.2 Å². The van der Waals surface area contributed by atoms with Crippen LogP contribution in [0.1, 0.15) is 45.6 Å². The van der Waals surface area contributed by atoms with Crippen LogP contribution in [-0.2, 0) is 16.1 Å². The first-order chi connectivity index (χ1) is 12.4. The monoisotopic (exact) mass is 364 g/mol. The summed E-state index contributed by atoms with van der Waals surface area (Å²) in [6.45, 7) is 9.16. The Labute approximate surface area is 156 Å². The third-order valence-corrected chi connectivity index (χ3v) is 4.70. The molecule has 1 fully saturated rings. The number of aliphatic carboxylic acids is 1. The van der Waals surface area contributed by atoms with E-state index in [2.05, 4.69) is 35.6 Å². The number of hydrogen-bond donors (Lipinski definition) is 1. The Morgan fingerprint density at radius 1 is 1.38 bits per heavy atom. The van der Waals surface area contributed by atoms with Gasteiger partial charge in [0.25, 0.3) is 0 Å². The van der Waals surface area contributed by atoms with E-state index in [0.717, 1.165) is 31.6 Å². The fraction of sp³-hybridized carbons (Fsp3) is 0.737. The quantitative estimate of drug-likeness (QED) is 0.721. The van der Waals surface area contributed by atoms with Gasteiger partial charge in [-0.2, -0.15) is 0 Å². The minimum atomic E-state index is -0.897. The maximum absolute atomic E-state index is 10.8. The van der Waals surface area contributed by atoms with Crippen LogP contribution in [0.5, 0.6) is 0 Å². The van der Waals surface area contributed by atoms with Crippen molar-refractivity contribution in [2.75, 3.05) is 31.6 Å². The molecule has 0 spiro atoms. The third-order valence-electron chi connectivity index (χ3n) is 4.70. The van der Waals surface area contributed by atoms with Crippen LogP contribution >= 0.6 is 0 Å². The van der Waals surface area contributed by atoms with E-state index in [4.69, 9.17) is 9.84 Å². The first-order valence-electron chi connectivity index (χ1n) is 9.50. The number of aromatic nitrogens is 2. The number of carbonyl (C=O) groups is 1. The standard InChI is InChI=1S/C19H32N4O3/c1-5-6-7-16-11-23(12-17(26-16)14(2)3)10-15-8-20-19(21-9-15)22(4)13-18(24)25/h8-9,14,16-17H,5-7,10-13H2,1-4H3,(H,24,25)/t16-,17-/m1/s1. The normalized spacial score (nSPS) is 21.1. The van der Waals surface area contributed by atoms with Gasteiger partial charge in [-0.05, 0) is 12.3 Å². The second-order valence-corrected chi connectivity index (χ2v) is 7.52. The molecular formula is C19H32N4O3. The Balaban J connectivity index is 1.97. The molecular weight excluding hydrogens is 332 g/mol. The SMILES string of the molecule is CCCC[C@@H]1CN(Cc2cnc(N(C)CC(=O)O)nc2)C[C@H](C(C)C)O1. The third kappa shape index (κ3) is 6.21. The molecule has 2 heterocycles. The predicted octanol–water partition coefficient (Wildman–Crippen LogP) is 2.41. The van der Waals surface area contributed by atoms with Crippen LogP contribution in [0.3, 0.4) is 0 Å². The van der Waals surface area contributed by atoms with Crippen LogP contribution in [0.2, 0.25) is 0 Å². The molecule has 1 aromatic heterocycles. The van der Waals surface area contributed by atoms with Gasteiger partial charge >= 0.3 is 5.97 Å². The minimum Gasteiger partial charge on any atom is -0.480 e. The number of hydrogen-bond acceptors (Lipinski definition) is 6. The van der Waals surface area contributed by atoms with Crippen molar-refractivity contribution in [3.8, 4) is 0 Å². The zero-order chi connectivity index (χ0) is 19.1. The van der Waals surface area contributed by atoms with Crippen molar-refractivity contribution in [1.29, 1.82) is 0 Å². The van der Waals surface area contributed by atoms with E-state index < -0.39 is 5.97 Å². The molecule has 0 bridgehead atoms. The number of likely N-dealkylation sites (N-methyl/N-ethyl adjacent to an activating group) is 1. The molecule has 0 aliphatic carbocycles. The summed E-state index contributed by atoms with van der Waals surface area (Å²) in [5.74, 6) is 0.0237. The summed E-state index contributed by atoms with van der Waals surface area (Å²) in [4.78, 5) is 23.4. The second kappa shape index (κ2) is 9.83. The number of nitrogens with zero attached hydrogens (tertiary/aromatic N) is 4. The topological polar surface area (TPSA) is 78.8 Å². The Morgan fingerprint density at radius 2 is 2.08 bits per heavy atom. The molecule has 146 valence electrons. The predicted molar refractivity (Wildman–Crippen MR) is 101 cm³/mol. The van der Waals surface area contributed by atoms with Crippen LogP contribution < -0.4 is 4.90 Å². The molecule has 0 saturated carbocycles. The second-order valence-electron chi connectivity index (χ2n) is 7.52. The first-order valence-corrected chi connectivity index (χ1v) is 9.50. The summed E-state index contributed by atoms with van der Waals surface area (Å²) in [7, 11) is 1.68. The summed E-state index contributed by atoms with van der Waals surface area (Å²) >= 11 is 0. The van der Waals surface area contributed by atoms with Gasteiger partial charge in [-0.3, -0.25) is 9.69 Å². The van der Waals surface area contributed by atoms with Crippen LogP contribution in [0.15, 0.2) is 12.4 Å². The van der Waals surface area contributed by atoms with Crippen molar-refractivity contribution in [3.05, 3.63) is 18.0 Å². The minimum absolute atomic E-state index is 0.113. The molecule has 7 heteroatoms. The highest BCUT2D eigenvalue weighted by atomic mass is 16.5. The highest BCUT2D eigenvalue weighted by Gasteiger charge is 2.29. The molecule has 2 atom stereocenters. The zero-order valence-electron chi connectivity index (χ0n) is 16.4. The van der Waals surface area contributed by atoms with Gasteiger partial charge < -0.3 is 14.7 Å². The van der Waals surface area contributed by atoms with E-state index in [1.807, 2.05) is 0 Å². The fourth-order valence-corrected chi connectivity index (χ4v) is 3.20. The van der Waals surface area contributed by atoms with E-state index in [-0.39, 0.29) is 18.8 Å². The van der Waals surface area contributed by atoms with Gasteiger partial charge in [0.2, 0.25) is 5.95 Å². The van der Waals surface area contributed by atoms with Crippen molar-refractivity contribution in [3.63, 3.8) is 0 Å². The van der Waals surface area contributed by atoms with E-state index in [9.17, 15) is 4.79 Å². The Hall–Kier alpha value is -1.73. The Kier molecular flexibility index (Phi) is 7.78. The molecule has 2 rings (SSSR count). The van der Waals surface area contributed by atoms with E-state index in [0.29, 0.717) is 11.9 Å². The van der Waals surface area contributed by atoms with Crippen LogP contribution in [0.25, 0.3) is 0 Å². The largest absolute Gasteiger partial charge is 0.480 e. The maximum atomic E-state index is 10.8.